The Morgan fingerprint density at radius 2 is 1.77 bits per heavy atom. The van der Waals surface area contributed by atoms with Gasteiger partial charge in [-0.2, -0.15) is 0 Å². The van der Waals surface area contributed by atoms with Crippen LogP contribution in [-0.4, -0.2) is 62.7 Å². The summed E-state index contributed by atoms with van der Waals surface area (Å²) in [7, 11) is 0. The van der Waals surface area contributed by atoms with Crippen LogP contribution < -0.4 is 0 Å². The normalized spacial score (nSPS) is 40.9. The monoisotopic (exact) mass is 560 g/mol. The number of aliphatic hydroxyl groups excluding tert-OH is 2. The van der Waals surface area contributed by atoms with Crippen molar-refractivity contribution < 1.29 is 34.8 Å². The van der Waals surface area contributed by atoms with Gasteiger partial charge in [-0.3, -0.25) is 9.59 Å². The number of hydrogen-bond acceptors (Lipinski definition) is 7. The minimum Gasteiger partial charge on any atom is -0.392 e. The van der Waals surface area contributed by atoms with E-state index in [1.807, 2.05) is 13.0 Å². The van der Waals surface area contributed by atoms with E-state index in [0.29, 0.717) is 37.0 Å². The van der Waals surface area contributed by atoms with Crippen LogP contribution in [0.4, 0.5) is 0 Å². The van der Waals surface area contributed by atoms with E-state index in [9.17, 15) is 30.0 Å². The largest absolute Gasteiger partial charge is 0.392 e. The number of fused-ring (bicyclic) bond motifs is 5. The van der Waals surface area contributed by atoms with Crippen LogP contribution in [-0.2, 0) is 14.3 Å². The highest BCUT2D eigenvalue weighted by Gasteiger charge is 2.77. The molecule has 0 spiro atoms. The molecule has 10 atom stereocenters. The first-order valence-electron chi connectivity index (χ1n) is 15.7. The molecule has 2 fully saturated rings. The smallest absolute Gasteiger partial charge is 0.190 e. The molecular formula is C33H52O7. The second-order valence-corrected chi connectivity index (χ2v) is 13.6. The lowest BCUT2D eigenvalue weighted by molar-refractivity contribution is -0.178. The summed E-state index contributed by atoms with van der Waals surface area (Å²) in [6, 6.07) is 0. The molecule has 7 nitrogen and oxygen atoms in total. The number of ether oxygens (including phenoxy) is 1. The molecule has 4 rings (SSSR count). The Balaban J connectivity index is 1.70. The van der Waals surface area contributed by atoms with Gasteiger partial charge < -0.3 is 25.2 Å². The molecule has 7 heteroatoms. The Morgan fingerprint density at radius 1 is 1.10 bits per heavy atom. The highest BCUT2D eigenvalue weighted by atomic mass is 16.6. The van der Waals surface area contributed by atoms with Crippen LogP contribution in [0.1, 0.15) is 98.8 Å². The SMILES string of the molecule is CCCCCC(=O)C[C@H]1C2[C@@H]([C@@H]3C=C(CO)C[C@]4(O)C(=O)C(C)=C[C@H]4[C@@]3(O)[C@@H]1C)C2(C)COC(O)CCCCC. The van der Waals surface area contributed by atoms with Gasteiger partial charge in [0.05, 0.1) is 18.8 Å². The number of aliphatic hydroxyl groups is 4. The molecule has 0 heterocycles. The van der Waals surface area contributed by atoms with E-state index in [1.165, 1.54) is 0 Å². The highest BCUT2D eigenvalue weighted by Crippen LogP contribution is 2.75. The van der Waals surface area contributed by atoms with Gasteiger partial charge in [0.15, 0.2) is 12.1 Å². The van der Waals surface area contributed by atoms with Crippen LogP contribution in [0.3, 0.4) is 0 Å². The van der Waals surface area contributed by atoms with Crippen molar-refractivity contribution >= 4 is 11.6 Å². The van der Waals surface area contributed by atoms with Gasteiger partial charge in [0.2, 0.25) is 0 Å². The molecule has 4 aliphatic rings. The van der Waals surface area contributed by atoms with Crippen molar-refractivity contribution in [1.29, 1.82) is 0 Å². The first kappa shape index (κ1) is 31.6. The van der Waals surface area contributed by atoms with Gasteiger partial charge in [-0.25, -0.2) is 0 Å². The number of ketones is 2. The maximum atomic E-state index is 13.3. The number of unbranched alkanes of at least 4 members (excludes halogenated alkanes) is 4. The van der Waals surface area contributed by atoms with Crippen molar-refractivity contribution in [1.82, 2.24) is 0 Å². The van der Waals surface area contributed by atoms with Crippen molar-refractivity contribution in [3.8, 4) is 0 Å². The third-order valence-electron chi connectivity index (χ3n) is 11.0. The molecule has 3 unspecified atom stereocenters. The maximum absolute atomic E-state index is 13.3. The van der Waals surface area contributed by atoms with Crippen molar-refractivity contribution in [2.45, 2.75) is 116 Å². The second kappa shape index (κ2) is 12.1. The van der Waals surface area contributed by atoms with Crippen molar-refractivity contribution in [2.24, 2.45) is 40.9 Å². The summed E-state index contributed by atoms with van der Waals surface area (Å²) in [4.78, 5) is 26.5. The molecule has 0 aromatic rings. The van der Waals surface area contributed by atoms with Crippen LogP contribution in [0.15, 0.2) is 23.3 Å². The van der Waals surface area contributed by atoms with E-state index in [4.69, 9.17) is 4.74 Å². The molecule has 4 aliphatic carbocycles. The van der Waals surface area contributed by atoms with E-state index < -0.39 is 40.5 Å². The van der Waals surface area contributed by atoms with E-state index in [1.54, 1.807) is 13.0 Å². The third-order valence-corrected chi connectivity index (χ3v) is 11.0. The summed E-state index contributed by atoms with van der Waals surface area (Å²) in [5.74, 6) is -2.00. The summed E-state index contributed by atoms with van der Waals surface area (Å²) in [5.41, 5.74) is -2.72. The van der Waals surface area contributed by atoms with Gasteiger partial charge in [0.1, 0.15) is 11.4 Å². The number of rotatable bonds is 14. The quantitative estimate of drug-likeness (QED) is 0.140. The lowest BCUT2D eigenvalue weighted by Crippen LogP contribution is -2.61. The van der Waals surface area contributed by atoms with Gasteiger partial charge in [0.25, 0.3) is 0 Å². The maximum Gasteiger partial charge on any atom is 0.190 e. The Labute approximate surface area is 240 Å². The van der Waals surface area contributed by atoms with E-state index in [-0.39, 0.29) is 42.5 Å². The van der Waals surface area contributed by atoms with Gasteiger partial charge in [0, 0.05) is 31.1 Å². The highest BCUT2D eigenvalue weighted by molar-refractivity contribution is 6.04. The molecule has 0 amide bonds. The number of carbonyl (C=O) groups excluding carboxylic acids is 2. The van der Waals surface area contributed by atoms with Crippen molar-refractivity contribution in [2.75, 3.05) is 13.2 Å². The average Bonchev–Trinajstić information content (AvgIpc) is 3.48. The number of Topliss-reactive ketones (excluding diaryl/α,β-unsaturated/α-hetero) is 2. The summed E-state index contributed by atoms with van der Waals surface area (Å²) in [5, 5.41) is 45.4. The predicted octanol–water partition coefficient (Wildman–Crippen LogP) is 4.51. The van der Waals surface area contributed by atoms with E-state index in [0.717, 1.165) is 38.5 Å². The van der Waals surface area contributed by atoms with Gasteiger partial charge in [-0.1, -0.05) is 65.5 Å². The summed E-state index contributed by atoms with van der Waals surface area (Å²) in [6.07, 6.45) is 10.0. The fourth-order valence-corrected chi connectivity index (χ4v) is 8.78. The zero-order valence-corrected chi connectivity index (χ0v) is 25.2. The average molecular weight is 561 g/mol. The van der Waals surface area contributed by atoms with Crippen molar-refractivity contribution in [3.63, 3.8) is 0 Å². The Bertz CT molecular complexity index is 1020. The van der Waals surface area contributed by atoms with Crippen LogP contribution in [0.5, 0.6) is 0 Å². The molecule has 0 radical (unpaired) electrons. The molecule has 4 N–H and O–H groups in total. The number of hydrogen-bond donors (Lipinski definition) is 4. The lowest BCUT2D eigenvalue weighted by Gasteiger charge is -2.52. The summed E-state index contributed by atoms with van der Waals surface area (Å²) >= 11 is 0. The predicted molar refractivity (Wildman–Crippen MR) is 153 cm³/mol. The summed E-state index contributed by atoms with van der Waals surface area (Å²) in [6.45, 7) is 10.00. The van der Waals surface area contributed by atoms with Gasteiger partial charge in [-0.05, 0) is 66.4 Å². The van der Waals surface area contributed by atoms with Crippen molar-refractivity contribution in [3.05, 3.63) is 23.3 Å². The second-order valence-electron chi connectivity index (χ2n) is 13.6. The zero-order chi connectivity index (χ0) is 29.5. The Kier molecular flexibility index (Phi) is 9.53. The fourth-order valence-electron chi connectivity index (χ4n) is 8.78. The molecule has 0 aliphatic heterocycles. The first-order valence-corrected chi connectivity index (χ1v) is 15.7. The van der Waals surface area contributed by atoms with Crippen LogP contribution in [0, 0.1) is 40.9 Å². The summed E-state index contributed by atoms with van der Waals surface area (Å²) < 4.78 is 6.02. The zero-order valence-electron chi connectivity index (χ0n) is 25.2. The molecule has 0 saturated heterocycles. The first-order chi connectivity index (χ1) is 18.9. The molecule has 226 valence electrons. The molecule has 40 heavy (non-hydrogen) atoms. The Hall–Kier alpha value is -1.38. The van der Waals surface area contributed by atoms with Gasteiger partial charge in [-0.15, -0.1) is 0 Å². The van der Waals surface area contributed by atoms with Crippen LogP contribution in [0.25, 0.3) is 0 Å². The van der Waals surface area contributed by atoms with Crippen LogP contribution >= 0.6 is 0 Å². The molecule has 0 aromatic carbocycles. The Morgan fingerprint density at radius 3 is 2.42 bits per heavy atom. The lowest BCUT2D eigenvalue weighted by atomic mass is 9.56. The molecule has 0 bridgehead atoms. The topological polar surface area (TPSA) is 124 Å². The van der Waals surface area contributed by atoms with Gasteiger partial charge >= 0.3 is 0 Å². The van der Waals surface area contributed by atoms with Crippen LogP contribution in [0.2, 0.25) is 0 Å². The molecular weight excluding hydrogens is 508 g/mol. The minimum absolute atomic E-state index is 0.0201. The van der Waals surface area contributed by atoms with E-state index >= 15 is 0 Å². The number of carbonyl (C=O) groups is 2. The fraction of sp³-hybridized carbons (Fsp3) is 0.818. The third kappa shape index (κ3) is 5.30. The molecule has 2 saturated carbocycles. The standard InChI is InChI=1S/C33H52O7/c1-6-8-10-12-23(35)16-24-21(4)33(39)25(15-22(18-34)17-32(38)26(33)14-20(3)30(32)37)29-28(24)31(29,5)19-40-27(36)13-11-9-7-2/h14-15,21,24-29,34,36,38-39H,6-13,16-19H2,1-5H3/t21-,24-,25+,26-,27?,28?,29-,31?,32-,33-/m1/s1. The molecule has 0 aromatic heterocycles. The minimum atomic E-state index is -1.82. The van der Waals surface area contributed by atoms with E-state index in [2.05, 4.69) is 20.8 Å².